The van der Waals surface area contributed by atoms with Gasteiger partial charge in [-0.15, -0.1) is 0 Å². The fourth-order valence-corrected chi connectivity index (χ4v) is 7.08. The first kappa shape index (κ1) is 18.6. The van der Waals surface area contributed by atoms with Crippen molar-refractivity contribution in [3.05, 3.63) is 29.6 Å². The molecule has 5 atom stereocenters. The zero-order chi connectivity index (χ0) is 19.1. The molecule has 4 aliphatic rings. The van der Waals surface area contributed by atoms with Crippen LogP contribution in [0.1, 0.15) is 80.4 Å². The number of rotatable bonds is 5. The second-order valence-corrected chi connectivity index (χ2v) is 10.4. The van der Waals surface area contributed by atoms with Gasteiger partial charge in [0.15, 0.2) is 0 Å². The van der Waals surface area contributed by atoms with Crippen molar-refractivity contribution in [3.63, 3.8) is 0 Å². The molecule has 4 saturated carbocycles. The molecule has 4 aliphatic carbocycles. The summed E-state index contributed by atoms with van der Waals surface area (Å²) >= 11 is 0. The van der Waals surface area contributed by atoms with Gasteiger partial charge in [-0.2, -0.15) is 0 Å². The molecule has 0 saturated heterocycles. The molecule has 0 aromatic carbocycles. The molecule has 28 heavy (non-hydrogen) atoms. The number of nitrogens with zero attached hydrogens (tertiary/aromatic N) is 1. The van der Waals surface area contributed by atoms with Crippen molar-refractivity contribution in [1.29, 1.82) is 0 Å². The Morgan fingerprint density at radius 2 is 1.89 bits per heavy atom. The Kier molecular flexibility index (Phi) is 4.94. The van der Waals surface area contributed by atoms with Gasteiger partial charge in [-0.25, -0.2) is 4.98 Å². The molecule has 3 bridgehead atoms. The van der Waals surface area contributed by atoms with E-state index in [1.54, 1.807) is 0 Å². The fourth-order valence-electron chi connectivity index (χ4n) is 7.08. The molecule has 4 heteroatoms. The number of aryl methyl sites for hydroxylation is 1. The molecule has 1 amide bonds. The van der Waals surface area contributed by atoms with Crippen molar-refractivity contribution < 1.29 is 4.79 Å². The van der Waals surface area contributed by atoms with Crippen LogP contribution in [0.4, 0.5) is 0 Å². The minimum Gasteiger partial charge on any atom is -0.348 e. The van der Waals surface area contributed by atoms with Crippen molar-refractivity contribution in [3.8, 4) is 0 Å². The van der Waals surface area contributed by atoms with Crippen LogP contribution in [0, 0.1) is 30.6 Å². The van der Waals surface area contributed by atoms with Crippen LogP contribution in [0.25, 0.3) is 0 Å². The van der Waals surface area contributed by atoms with Gasteiger partial charge in [0.25, 0.3) is 5.91 Å². The lowest BCUT2D eigenvalue weighted by atomic mass is 9.74. The molecule has 5 rings (SSSR count). The standard InChI is InChI=1S/C24H35N3O/c1-16-5-4-8-22(26-16)23(28)27-21-10-18-9-19-13-24(12-18,14-20(19)11-21)25-15-17-6-2-3-7-17/h4-5,8,17-21,25H,2-3,6-7,9-15H2,1H3,(H,27,28). The Hall–Kier alpha value is -1.42. The molecule has 0 radical (unpaired) electrons. The molecule has 5 unspecified atom stereocenters. The molecule has 1 aromatic heterocycles. The zero-order valence-electron chi connectivity index (χ0n) is 17.3. The van der Waals surface area contributed by atoms with E-state index in [2.05, 4.69) is 15.6 Å². The third kappa shape index (κ3) is 3.72. The smallest absolute Gasteiger partial charge is 0.270 e. The average Bonchev–Trinajstić information content (AvgIpc) is 3.24. The van der Waals surface area contributed by atoms with Crippen LogP contribution < -0.4 is 10.6 Å². The van der Waals surface area contributed by atoms with Gasteiger partial charge in [0.1, 0.15) is 5.69 Å². The predicted molar refractivity (Wildman–Crippen MR) is 111 cm³/mol. The highest BCUT2D eigenvalue weighted by atomic mass is 16.1. The van der Waals surface area contributed by atoms with Crippen LogP contribution in [-0.4, -0.2) is 29.0 Å². The topological polar surface area (TPSA) is 54.0 Å². The van der Waals surface area contributed by atoms with E-state index in [4.69, 9.17) is 0 Å². The number of nitrogens with one attached hydrogen (secondary N) is 2. The van der Waals surface area contributed by atoms with Gasteiger partial charge in [0.2, 0.25) is 0 Å². The Bertz CT molecular complexity index is 724. The highest BCUT2D eigenvalue weighted by molar-refractivity contribution is 5.92. The molecule has 4 nitrogen and oxygen atoms in total. The van der Waals surface area contributed by atoms with Gasteiger partial charge in [-0.1, -0.05) is 18.9 Å². The van der Waals surface area contributed by atoms with Gasteiger partial charge in [-0.05, 0) is 101 Å². The molecule has 1 aromatic rings. The van der Waals surface area contributed by atoms with Crippen molar-refractivity contribution >= 4 is 5.91 Å². The Morgan fingerprint density at radius 1 is 1.11 bits per heavy atom. The van der Waals surface area contributed by atoms with Crippen LogP contribution in [0.2, 0.25) is 0 Å². The molecular formula is C24H35N3O. The van der Waals surface area contributed by atoms with Crippen LogP contribution in [-0.2, 0) is 0 Å². The Morgan fingerprint density at radius 3 is 2.68 bits per heavy atom. The molecule has 2 N–H and O–H groups in total. The number of fused-ring (bicyclic) bond motifs is 2. The summed E-state index contributed by atoms with van der Waals surface area (Å²) in [4.78, 5) is 17.1. The third-order valence-electron chi connectivity index (χ3n) is 8.19. The van der Waals surface area contributed by atoms with Crippen LogP contribution in [0.15, 0.2) is 18.2 Å². The third-order valence-corrected chi connectivity index (χ3v) is 8.19. The minimum atomic E-state index is 0.00934. The second-order valence-electron chi connectivity index (χ2n) is 10.4. The molecule has 0 spiro atoms. The number of aromatic nitrogens is 1. The van der Waals surface area contributed by atoms with Gasteiger partial charge >= 0.3 is 0 Å². The lowest BCUT2D eigenvalue weighted by Gasteiger charge is -2.40. The van der Waals surface area contributed by atoms with E-state index in [1.165, 1.54) is 57.9 Å². The SMILES string of the molecule is Cc1cccc(C(=O)NC2CC3CC4CC(NCC5CCCC5)(C3)CC4C2)n1. The predicted octanol–water partition coefficient (Wildman–Crippen LogP) is 4.24. The summed E-state index contributed by atoms with van der Waals surface area (Å²) in [6, 6.07) is 6.02. The molecule has 152 valence electrons. The van der Waals surface area contributed by atoms with Crippen LogP contribution >= 0.6 is 0 Å². The summed E-state index contributed by atoms with van der Waals surface area (Å²) in [5.74, 6) is 3.34. The van der Waals surface area contributed by atoms with Crippen molar-refractivity contribution in [2.75, 3.05) is 6.54 Å². The molecule has 4 fully saturated rings. The van der Waals surface area contributed by atoms with Gasteiger partial charge in [-0.3, -0.25) is 4.79 Å². The first-order valence-corrected chi connectivity index (χ1v) is 11.6. The summed E-state index contributed by atoms with van der Waals surface area (Å²) in [5, 5.41) is 7.42. The summed E-state index contributed by atoms with van der Waals surface area (Å²) in [5.41, 5.74) is 1.88. The van der Waals surface area contributed by atoms with E-state index in [0.717, 1.165) is 42.2 Å². The van der Waals surface area contributed by atoms with Gasteiger partial charge in [0, 0.05) is 17.3 Å². The number of hydrogen-bond donors (Lipinski definition) is 2. The molecule has 1 heterocycles. The van der Waals surface area contributed by atoms with Gasteiger partial charge in [0.05, 0.1) is 0 Å². The lowest BCUT2D eigenvalue weighted by Crippen LogP contribution is -2.49. The van der Waals surface area contributed by atoms with Crippen LogP contribution in [0.5, 0.6) is 0 Å². The van der Waals surface area contributed by atoms with E-state index < -0.39 is 0 Å². The van der Waals surface area contributed by atoms with Crippen LogP contribution in [0.3, 0.4) is 0 Å². The summed E-state index contributed by atoms with van der Waals surface area (Å²) in [7, 11) is 0. The average molecular weight is 382 g/mol. The second kappa shape index (κ2) is 7.44. The molecule has 0 aliphatic heterocycles. The number of pyridine rings is 1. The van der Waals surface area contributed by atoms with Crippen molar-refractivity contribution in [2.24, 2.45) is 23.7 Å². The minimum absolute atomic E-state index is 0.00934. The first-order chi connectivity index (χ1) is 13.6. The van der Waals surface area contributed by atoms with Gasteiger partial charge < -0.3 is 10.6 Å². The summed E-state index contributed by atoms with van der Waals surface area (Å²) in [6.07, 6.45) is 13.4. The Labute approximate surface area is 169 Å². The summed E-state index contributed by atoms with van der Waals surface area (Å²) in [6.45, 7) is 3.18. The molecular weight excluding hydrogens is 346 g/mol. The zero-order valence-corrected chi connectivity index (χ0v) is 17.3. The number of carbonyl (C=O) groups is 1. The maximum atomic E-state index is 12.7. The van der Waals surface area contributed by atoms with E-state index in [9.17, 15) is 4.79 Å². The number of amides is 1. The number of hydrogen-bond acceptors (Lipinski definition) is 3. The maximum absolute atomic E-state index is 12.7. The number of carbonyl (C=O) groups excluding carboxylic acids is 1. The highest BCUT2D eigenvalue weighted by Gasteiger charge is 2.52. The Balaban J connectivity index is 1.22. The van der Waals surface area contributed by atoms with E-state index in [-0.39, 0.29) is 5.91 Å². The monoisotopic (exact) mass is 381 g/mol. The highest BCUT2D eigenvalue weighted by Crippen LogP contribution is 2.55. The van der Waals surface area contributed by atoms with Crippen molar-refractivity contribution in [1.82, 2.24) is 15.6 Å². The maximum Gasteiger partial charge on any atom is 0.270 e. The fraction of sp³-hybridized carbons (Fsp3) is 0.750. The van der Waals surface area contributed by atoms with E-state index in [0.29, 0.717) is 17.3 Å². The first-order valence-electron chi connectivity index (χ1n) is 11.6. The van der Waals surface area contributed by atoms with Crippen molar-refractivity contribution in [2.45, 2.75) is 82.7 Å². The normalized spacial score (nSPS) is 37.2. The van der Waals surface area contributed by atoms with E-state index >= 15 is 0 Å². The quantitative estimate of drug-likeness (QED) is 0.802. The summed E-state index contributed by atoms with van der Waals surface area (Å²) < 4.78 is 0. The largest absolute Gasteiger partial charge is 0.348 e. The van der Waals surface area contributed by atoms with E-state index in [1.807, 2.05) is 25.1 Å². The lowest BCUT2D eigenvalue weighted by molar-refractivity contribution is 0.0913.